The highest BCUT2D eigenvalue weighted by Crippen LogP contribution is 2.31. The van der Waals surface area contributed by atoms with Crippen LogP contribution >= 0.6 is 11.3 Å². The molecule has 0 spiro atoms. The zero-order chi connectivity index (χ0) is 26.6. The average molecular weight is 533 g/mol. The van der Waals surface area contributed by atoms with Gasteiger partial charge in [0.2, 0.25) is 0 Å². The van der Waals surface area contributed by atoms with Crippen molar-refractivity contribution in [1.82, 2.24) is 15.2 Å². The summed E-state index contributed by atoms with van der Waals surface area (Å²) < 4.78 is 42.3. The molecular weight excluding hydrogens is 501 g/mol. The molecule has 1 N–H and O–H groups in total. The van der Waals surface area contributed by atoms with Crippen molar-refractivity contribution in [3.8, 4) is 5.75 Å². The molecule has 0 aliphatic carbocycles. The summed E-state index contributed by atoms with van der Waals surface area (Å²) in [5.74, 6) is -0.239. The number of carbonyl (C=O) groups excluding carboxylic acids is 1. The van der Waals surface area contributed by atoms with E-state index in [1.54, 1.807) is 12.1 Å². The number of carbonyl (C=O) groups is 1. The smallest absolute Gasteiger partial charge is 0.406 e. The molecule has 1 aliphatic heterocycles. The fourth-order valence-electron chi connectivity index (χ4n) is 4.03. The SMILES string of the molecule is CC(C)(C)c1csc(N(Cc2ccc(C(=O)N3CCNCC3)cc2)Cc2cccc(OC(F)(F)F)c2)n1. The van der Waals surface area contributed by atoms with Crippen LogP contribution in [0.1, 0.15) is 48.0 Å². The summed E-state index contributed by atoms with van der Waals surface area (Å²) in [6, 6.07) is 13.5. The van der Waals surface area contributed by atoms with Crippen LogP contribution in [0, 0.1) is 0 Å². The highest BCUT2D eigenvalue weighted by atomic mass is 32.1. The van der Waals surface area contributed by atoms with Gasteiger partial charge < -0.3 is 19.9 Å². The van der Waals surface area contributed by atoms with Crippen LogP contribution in [-0.4, -0.2) is 48.3 Å². The third kappa shape index (κ3) is 7.45. The topological polar surface area (TPSA) is 57.7 Å². The van der Waals surface area contributed by atoms with E-state index in [4.69, 9.17) is 4.98 Å². The van der Waals surface area contributed by atoms with Crippen LogP contribution in [0.25, 0.3) is 0 Å². The van der Waals surface area contributed by atoms with Crippen LogP contribution in [0.15, 0.2) is 53.9 Å². The van der Waals surface area contributed by atoms with Crippen molar-refractivity contribution in [2.45, 2.75) is 45.6 Å². The summed E-state index contributed by atoms with van der Waals surface area (Å²) in [5, 5.41) is 6.03. The summed E-state index contributed by atoms with van der Waals surface area (Å²) in [5.41, 5.74) is 3.08. The summed E-state index contributed by atoms with van der Waals surface area (Å²) >= 11 is 1.50. The Morgan fingerprint density at radius 2 is 1.73 bits per heavy atom. The van der Waals surface area contributed by atoms with Crippen LogP contribution in [0.3, 0.4) is 0 Å². The first kappa shape index (κ1) is 26.9. The molecule has 1 saturated heterocycles. The van der Waals surface area contributed by atoms with Crippen LogP contribution in [0.4, 0.5) is 18.3 Å². The van der Waals surface area contributed by atoms with Gasteiger partial charge in [0, 0.05) is 55.6 Å². The number of aromatic nitrogens is 1. The van der Waals surface area contributed by atoms with Gasteiger partial charge in [-0.3, -0.25) is 4.79 Å². The summed E-state index contributed by atoms with van der Waals surface area (Å²) in [4.78, 5) is 21.5. The number of piperazine rings is 1. The van der Waals surface area contributed by atoms with E-state index in [0.717, 1.165) is 29.5 Å². The number of nitrogens with zero attached hydrogens (tertiary/aromatic N) is 3. The number of alkyl halides is 3. The predicted molar refractivity (Wildman–Crippen MR) is 139 cm³/mol. The molecule has 0 saturated carbocycles. The molecule has 6 nitrogen and oxygen atoms in total. The first-order valence-electron chi connectivity index (χ1n) is 12.1. The standard InChI is InChI=1S/C27H31F3N4O2S/c1-26(2,3)23-18-37-25(32-23)34(17-20-5-4-6-22(15-20)36-27(28,29)30)16-19-7-9-21(10-8-19)24(35)33-13-11-31-12-14-33/h4-10,15,18,31H,11-14,16-17H2,1-3H3. The molecule has 1 aromatic heterocycles. The minimum Gasteiger partial charge on any atom is -0.406 e. The second kappa shape index (κ2) is 11.1. The van der Waals surface area contributed by atoms with E-state index >= 15 is 0 Å². The molecule has 3 aromatic rings. The zero-order valence-electron chi connectivity index (χ0n) is 21.1. The average Bonchev–Trinajstić information content (AvgIpc) is 3.35. The van der Waals surface area contributed by atoms with Crippen LogP contribution in [-0.2, 0) is 18.5 Å². The maximum absolute atomic E-state index is 12.8. The second-order valence-electron chi connectivity index (χ2n) is 10.1. The van der Waals surface area contributed by atoms with Crippen molar-refractivity contribution in [3.63, 3.8) is 0 Å². The Bertz CT molecular complexity index is 1200. The predicted octanol–water partition coefficient (Wildman–Crippen LogP) is 5.59. The van der Waals surface area contributed by atoms with Crippen molar-refractivity contribution < 1.29 is 22.7 Å². The molecule has 2 heterocycles. The van der Waals surface area contributed by atoms with Gasteiger partial charge >= 0.3 is 6.36 Å². The largest absolute Gasteiger partial charge is 0.573 e. The number of anilines is 1. The molecule has 0 unspecified atom stereocenters. The molecule has 0 bridgehead atoms. The Balaban J connectivity index is 1.55. The Labute approximate surface area is 219 Å². The van der Waals surface area contributed by atoms with Gasteiger partial charge in [-0.05, 0) is 35.4 Å². The van der Waals surface area contributed by atoms with Crippen molar-refractivity contribution in [2.24, 2.45) is 0 Å². The number of ether oxygens (including phenoxy) is 1. The van der Waals surface area contributed by atoms with E-state index in [9.17, 15) is 18.0 Å². The Kier molecular flexibility index (Phi) is 8.08. The Morgan fingerprint density at radius 3 is 2.35 bits per heavy atom. The number of nitrogens with one attached hydrogen (secondary N) is 1. The third-order valence-corrected chi connectivity index (χ3v) is 6.92. The molecule has 4 rings (SSSR count). The van der Waals surface area contributed by atoms with E-state index in [1.807, 2.05) is 39.4 Å². The number of halogens is 3. The van der Waals surface area contributed by atoms with E-state index in [2.05, 4.69) is 30.8 Å². The first-order valence-corrected chi connectivity index (χ1v) is 13.0. The van der Waals surface area contributed by atoms with Crippen molar-refractivity contribution >= 4 is 22.4 Å². The first-order chi connectivity index (χ1) is 17.5. The normalized spacial score (nSPS) is 14.5. The maximum atomic E-state index is 12.8. The van der Waals surface area contributed by atoms with Crippen molar-refractivity contribution in [1.29, 1.82) is 0 Å². The molecule has 0 atom stereocenters. The van der Waals surface area contributed by atoms with Crippen molar-refractivity contribution in [3.05, 3.63) is 76.3 Å². The van der Waals surface area contributed by atoms with Crippen molar-refractivity contribution in [2.75, 3.05) is 31.1 Å². The van der Waals surface area contributed by atoms with Crippen LogP contribution < -0.4 is 15.0 Å². The second-order valence-corrected chi connectivity index (χ2v) is 10.9. The molecule has 1 fully saturated rings. The van der Waals surface area contributed by atoms with Crippen LogP contribution in [0.2, 0.25) is 0 Å². The Morgan fingerprint density at radius 1 is 1.05 bits per heavy atom. The molecule has 2 aromatic carbocycles. The lowest BCUT2D eigenvalue weighted by Gasteiger charge is -2.27. The minimum atomic E-state index is -4.75. The highest BCUT2D eigenvalue weighted by Gasteiger charge is 2.31. The van der Waals surface area contributed by atoms with Gasteiger partial charge in [-0.2, -0.15) is 0 Å². The summed E-state index contributed by atoms with van der Waals surface area (Å²) in [6.45, 7) is 10.0. The van der Waals surface area contributed by atoms with E-state index in [0.29, 0.717) is 37.3 Å². The van der Waals surface area contributed by atoms with Gasteiger partial charge in [-0.25, -0.2) is 4.98 Å². The maximum Gasteiger partial charge on any atom is 0.573 e. The quantitative estimate of drug-likeness (QED) is 0.430. The number of hydrogen-bond donors (Lipinski definition) is 1. The van der Waals surface area contributed by atoms with E-state index in [-0.39, 0.29) is 17.1 Å². The molecule has 37 heavy (non-hydrogen) atoms. The van der Waals surface area contributed by atoms with Gasteiger partial charge in [0.05, 0.1) is 5.69 Å². The lowest BCUT2D eigenvalue weighted by molar-refractivity contribution is -0.274. The lowest BCUT2D eigenvalue weighted by Crippen LogP contribution is -2.46. The molecule has 10 heteroatoms. The van der Waals surface area contributed by atoms with Gasteiger partial charge in [0.1, 0.15) is 5.75 Å². The third-order valence-electron chi connectivity index (χ3n) is 6.01. The van der Waals surface area contributed by atoms with Gasteiger partial charge in [0.25, 0.3) is 5.91 Å². The molecular formula is C27H31F3N4O2S. The fraction of sp³-hybridized carbons (Fsp3) is 0.407. The van der Waals surface area contributed by atoms with E-state index in [1.165, 1.54) is 23.5 Å². The minimum absolute atomic E-state index is 0.0149. The summed E-state index contributed by atoms with van der Waals surface area (Å²) in [6.07, 6.45) is -4.75. The number of benzene rings is 2. The molecule has 1 aliphatic rings. The number of thiazole rings is 1. The monoisotopic (exact) mass is 532 g/mol. The fourth-order valence-corrected chi connectivity index (χ4v) is 5.08. The molecule has 198 valence electrons. The van der Waals surface area contributed by atoms with Crippen LogP contribution in [0.5, 0.6) is 5.75 Å². The summed E-state index contributed by atoms with van der Waals surface area (Å²) in [7, 11) is 0. The number of amides is 1. The number of rotatable bonds is 7. The highest BCUT2D eigenvalue weighted by molar-refractivity contribution is 7.13. The van der Waals surface area contributed by atoms with E-state index < -0.39 is 6.36 Å². The Hall–Kier alpha value is -3.11. The molecule has 0 radical (unpaired) electrons. The van der Waals surface area contributed by atoms with Gasteiger partial charge in [0.15, 0.2) is 5.13 Å². The number of hydrogen-bond acceptors (Lipinski definition) is 6. The van der Waals surface area contributed by atoms with Gasteiger partial charge in [-0.1, -0.05) is 45.0 Å². The van der Waals surface area contributed by atoms with Gasteiger partial charge in [-0.15, -0.1) is 24.5 Å². The molecule has 1 amide bonds. The lowest BCUT2D eigenvalue weighted by atomic mass is 9.93. The zero-order valence-corrected chi connectivity index (χ0v) is 22.0.